The maximum absolute atomic E-state index is 12.6. The third-order valence-corrected chi connectivity index (χ3v) is 11.4. The third kappa shape index (κ3) is 8.25. The first-order valence-corrected chi connectivity index (χ1v) is 17.1. The number of hydrogen-bond donors (Lipinski definition) is 4. The third-order valence-electron chi connectivity index (χ3n) is 7.49. The van der Waals surface area contributed by atoms with E-state index in [0.29, 0.717) is 23.4 Å². The fraction of sp³-hybridized carbons (Fsp3) is 0.520. The number of fused-ring (bicyclic) bond motifs is 2. The van der Waals surface area contributed by atoms with Crippen molar-refractivity contribution in [1.29, 1.82) is 0 Å². The van der Waals surface area contributed by atoms with Crippen molar-refractivity contribution in [2.24, 2.45) is 0 Å². The van der Waals surface area contributed by atoms with Crippen molar-refractivity contribution in [3.63, 3.8) is 0 Å². The number of phenols is 1. The zero-order valence-corrected chi connectivity index (χ0v) is 32.1. The van der Waals surface area contributed by atoms with Crippen molar-refractivity contribution in [3.8, 4) is 11.5 Å². The van der Waals surface area contributed by atoms with Gasteiger partial charge in [0.15, 0.2) is 17.7 Å². The number of aryl methyl sites for hydroxylation is 1. The maximum atomic E-state index is 12.6. The molecule has 1 fully saturated rings. The Balaban J connectivity index is 0.00000300. The van der Waals surface area contributed by atoms with Crippen LogP contribution in [0.3, 0.4) is 0 Å². The molecular weight excluding hydrogens is 686 g/mol. The number of aliphatic hydroxyl groups is 2. The molecule has 5 rings (SSSR count). The van der Waals surface area contributed by atoms with Crippen LogP contribution < -0.4 is 79.4 Å². The molecule has 0 radical (unpaired) electrons. The molecular formula is C25H31N5Na2O13P2. The van der Waals surface area contributed by atoms with Crippen LogP contribution in [-0.2, 0) is 47.1 Å². The van der Waals surface area contributed by atoms with Crippen LogP contribution in [0.1, 0.15) is 46.0 Å². The van der Waals surface area contributed by atoms with Gasteiger partial charge in [-0.2, -0.15) is 0 Å². The minimum absolute atomic E-state index is 0. The normalized spacial score (nSPS) is 22.9. The number of carbonyl (C=O) groups excluding carboxylic acids is 1. The smallest absolute Gasteiger partial charge is 0.778 e. The first kappa shape index (κ1) is 40.3. The maximum Gasteiger partial charge on any atom is 1.00 e. The fourth-order valence-electron chi connectivity index (χ4n) is 5.26. The molecule has 0 bridgehead atoms. The Morgan fingerprint density at radius 2 is 1.83 bits per heavy atom. The number of hydrogen-bond acceptors (Lipinski definition) is 17. The molecule has 1 aromatic carbocycles. The summed E-state index contributed by atoms with van der Waals surface area (Å²) in [6.07, 6.45) is -4.35. The molecule has 1 saturated heterocycles. The van der Waals surface area contributed by atoms with Crippen molar-refractivity contribution in [3.05, 3.63) is 34.4 Å². The first-order valence-electron chi connectivity index (χ1n) is 13.7. The summed E-state index contributed by atoms with van der Waals surface area (Å²) in [5, 5.41) is 31.8. The molecule has 2 aliphatic rings. The molecule has 0 amide bonds. The van der Waals surface area contributed by atoms with Crippen LogP contribution in [0, 0.1) is 6.92 Å². The number of nitrogens with zero attached hydrogens (tertiary/aromatic N) is 4. The van der Waals surface area contributed by atoms with E-state index in [1.54, 1.807) is 6.92 Å². The molecule has 5 N–H and O–H groups in total. The number of imidazole rings is 1. The largest absolute Gasteiger partial charge is 1.00 e. The standard InChI is InChI=1S/C25H33N5O13P2.2Na/c1-4-15-28-22(26)17-23(29-15)30(9-27-17)24-20(33)19(32)14(43-24)8-42-45(37,38)10-44(35,36)41-6-5-12-18(31)16-13(7-40-25(16)34)11(2)21(12)39-3;;/h9,14,19-20,24,31-33H,4-8,10H2,1-3H3,(H,35,36)(H,37,38)(H2,26,28,29);;/q;2*+1/p-2/t14-,19-,20-,24-;;/m1../s1. The molecule has 2 aliphatic heterocycles. The number of aliphatic hydroxyl groups excluding tert-OH is 2. The van der Waals surface area contributed by atoms with E-state index in [0.717, 1.165) is 0 Å². The van der Waals surface area contributed by atoms with Gasteiger partial charge in [-0.25, -0.2) is 19.7 Å². The summed E-state index contributed by atoms with van der Waals surface area (Å²) in [6.45, 7) is 1.98. The number of rotatable bonds is 12. The van der Waals surface area contributed by atoms with E-state index in [1.807, 2.05) is 6.92 Å². The van der Waals surface area contributed by atoms with Gasteiger partial charge in [0.25, 0.3) is 0 Å². The molecule has 2 aromatic heterocycles. The first-order chi connectivity index (χ1) is 21.2. The molecule has 18 nitrogen and oxygen atoms in total. The summed E-state index contributed by atoms with van der Waals surface area (Å²) in [5.74, 6) is -2.02. The SMILES string of the molecule is CCc1nc(N)c2ncn([C@@H]3O[C@H](COP(=O)([O-])CP(=O)([O-])OCCc4c(O)c5c(c(C)c4OC)COC5=O)[C@@H](O)[C@H]3O)c2n1.[Na+].[Na+]. The van der Waals surface area contributed by atoms with Crippen LogP contribution in [0.25, 0.3) is 11.2 Å². The number of aromatic nitrogens is 4. The predicted molar refractivity (Wildman–Crippen MR) is 149 cm³/mol. The number of nitrogens with two attached hydrogens (primary N) is 1. The summed E-state index contributed by atoms with van der Waals surface area (Å²) in [7, 11) is -8.86. The van der Waals surface area contributed by atoms with Gasteiger partial charge in [0, 0.05) is 24.0 Å². The molecule has 0 saturated carbocycles. The Morgan fingerprint density at radius 3 is 2.49 bits per heavy atom. The number of carbonyl (C=O) groups is 1. The number of ether oxygens (including phenoxy) is 3. The predicted octanol–water partition coefficient (Wildman–Crippen LogP) is -6.37. The Bertz CT molecular complexity index is 1750. The number of aromatic hydroxyl groups is 1. The van der Waals surface area contributed by atoms with E-state index in [2.05, 4.69) is 15.0 Å². The number of esters is 1. The van der Waals surface area contributed by atoms with Gasteiger partial charge in [-0.1, -0.05) is 6.92 Å². The summed E-state index contributed by atoms with van der Waals surface area (Å²) in [5.41, 5.74) is 7.37. The summed E-state index contributed by atoms with van der Waals surface area (Å²) < 4.78 is 52.1. The molecule has 0 aliphatic carbocycles. The van der Waals surface area contributed by atoms with E-state index in [1.165, 1.54) is 18.0 Å². The van der Waals surface area contributed by atoms with E-state index in [4.69, 9.17) is 29.0 Å². The Kier molecular flexibility index (Phi) is 13.5. The van der Waals surface area contributed by atoms with Crippen molar-refractivity contribution in [2.45, 2.75) is 57.8 Å². The summed E-state index contributed by atoms with van der Waals surface area (Å²) >= 11 is 0. The van der Waals surface area contributed by atoms with Gasteiger partial charge in [-0.15, -0.1) is 0 Å². The van der Waals surface area contributed by atoms with Gasteiger partial charge in [0.1, 0.15) is 68.5 Å². The zero-order valence-electron chi connectivity index (χ0n) is 26.3. The molecule has 0 spiro atoms. The zero-order chi connectivity index (χ0) is 32.8. The van der Waals surface area contributed by atoms with Gasteiger partial charge in [0.2, 0.25) is 0 Å². The quantitative estimate of drug-likeness (QED) is 0.0770. The van der Waals surface area contributed by atoms with Gasteiger partial charge in [-0.05, 0) is 12.5 Å². The topological polar surface area (TPSA) is 274 Å². The van der Waals surface area contributed by atoms with Gasteiger partial charge >= 0.3 is 65.1 Å². The molecule has 246 valence electrons. The Labute approximate surface area is 312 Å². The van der Waals surface area contributed by atoms with Crippen LogP contribution >= 0.6 is 15.2 Å². The van der Waals surface area contributed by atoms with Crippen LogP contribution in [0.15, 0.2) is 6.33 Å². The number of benzene rings is 1. The van der Waals surface area contributed by atoms with Crippen molar-refractivity contribution in [1.82, 2.24) is 19.5 Å². The number of anilines is 1. The van der Waals surface area contributed by atoms with E-state index >= 15 is 0 Å². The molecule has 2 unspecified atom stereocenters. The second kappa shape index (κ2) is 15.8. The average Bonchev–Trinajstić information content (AvgIpc) is 3.65. The van der Waals surface area contributed by atoms with Gasteiger partial charge < -0.3 is 63.2 Å². The summed E-state index contributed by atoms with van der Waals surface area (Å²) in [4.78, 5) is 49.8. The molecule has 47 heavy (non-hydrogen) atoms. The van der Waals surface area contributed by atoms with Crippen LogP contribution in [0.2, 0.25) is 0 Å². The second-order valence-electron chi connectivity index (χ2n) is 10.4. The van der Waals surface area contributed by atoms with E-state index in [9.17, 15) is 39.0 Å². The van der Waals surface area contributed by atoms with E-state index < -0.39 is 70.6 Å². The number of nitrogen functional groups attached to an aromatic ring is 1. The monoisotopic (exact) mass is 717 g/mol. The van der Waals surface area contributed by atoms with Crippen LogP contribution in [0.4, 0.5) is 5.82 Å². The van der Waals surface area contributed by atoms with Gasteiger partial charge in [0.05, 0.1) is 32.6 Å². The molecule has 3 aromatic rings. The number of phenolic OH excluding ortho intramolecular Hbond substituents is 1. The second-order valence-corrected chi connectivity index (χ2v) is 14.5. The number of methoxy groups -OCH3 is 1. The van der Waals surface area contributed by atoms with E-state index in [-0.39, 0.29) is 106 Å². The van der Waals surface area contributed by atoms with Crippen molar-refractivity contribution in [2.75, 3.05) is 32.0 Å². The van der Waals surface area contributed by atoms with Crippen molar-refractivity contribution < 1.29 is 121 Å². The molecule has 6 atom stereocenters. The minimum atomic E-state index is -5.13. The Morgan fingerprint density at radius 1 is 1.15 bits per heavy atom. The average molecular weight is 717 g/mol. The Hall–Kier alpha value is -1.18. The fourth-order valence-corrected chi connectivity index (χ4v) is 8.36. The van der Waals surface area contributed by atoms with Crippen LogP contribution in [0.5, 0.6) is 11.5 Å². The van der Waals surface area contributed by atoms with Gasteiger partial charge in [-0.3, -0.25) is 4.57 Å². The molecule has 4 heterocycles. The van der Waals surface area contributed by atoms with Crippen LogP contribution in [-0.4, -0.2) is 85.3 Å². The molecule has 22 heteroatoms. The summed E-state index contributed by atoms with van der Waals surface area (Å²) in [6, 6.07) is 0. The van der Waals surface area contributed by atoms with Crippen molar-refractivity contribution >= 4 is 38.1 Å². The number of cyclic esters (lactones) is 1. The minimum Gasteiger partial charge on any atom is -0.778 e.